The highest BCUT2D eigenvalue weighted by Crippen LogP contribution is 2.21. The van der Waals surface area contributed by atoms with Gasteiger partial charge in [0.2, 0.25) is 6.10 Å². The minimum absolute atomic E-state index is 0.479. The van der Waals surface area contributed by atoms with E-state index in [0.717, 1.165) is 6.92 Å². The van der Waals surface area contributed by atoms with Gasteiger partial charge in [-0.25, -0.2) is 9.59 Å². The molecule has 0 saturated carbocycles. The second kappa shape index (κ2) is 7.62. The fourth-order valence-corrected chi connectivity index (χ4v) is 1.87. The topological polar surface area (TPSA) is 102 Å². The first kappa shape index (κ1) is 18.5. The van der Waals surface area contributed by atoms with Gasteiger partial charge in [0.05, 0.1) is 0 Å². The third kappa shape index (κ3) is 6.37. The van der Waals surface area contributed by atoms with Gasteiger partial charge >= 0.3 is 18.0 Å². The van der Waals surface area contributed by atoms with E-state index in [1.54, 1.807) is 51.1 Å². The van der Waals surface area contributed by atoms with Crippen LogP contribution in [0.1, 0.15) is 39.3 Å². The molecule has 2 atom stereocenters. The molecule has 0 aliphatic heterocycles. The number of carboxylic acids is 1. The van der Waals surface area contributed by atoms with Crippen LogP contribution in [0.2, 0.25) is 0 Å². The van der Waals surface area contributed by atoms with E-state index in [1.165, 1.54) is 0 Å². The van der Waals surface area contributed by atoms with Gasteiger partial charge in [-0.3, -0.25) is 4.79 Å². The molecule has 126 valence electrons. The Balaban J connectivity index is 3.08. The zero-order valence-corrected chi connectivity index (χ0v) is 13.5. The molecule has 7 nitrogen and oxygen atoms in total. The van der Waals surface area contributed by atoms with E-state index in [0.29, 0.717) is 5.56 Å². The number of benzene rings is 1. The van der Waals surface area contributed by atoms with E-state index in [9.17, 15) is 19.5 Å². The van der Waals surface area contributed by atoms with Crippen LogP contribution in [0.5, 0.6) is 0 Å². The standard InChI is InChI=1S/C16H21NO6/c1-10(18)22-13(14(19)20)12(11-8-6-5-7-9-11)17-15(21)23-16(2,3)4/h5-9,12-13H,1-4H3,(H,17,21)(H,19,20)/t12-,13?/m0/s1. The summed E-state index contributed by atoms with van der Waals surface area (Å²) >= 11 is 0. The number of hydrogen-bond acceptors (Lipinski definition) is 5. The van der Waals surface area contributed by atoms with Crippen molar-refractivity contribution in [3.05, 3.63) is 35.9 Å². The molecule has 7 heteroatoms. The number of rotatable bonds is 5. The molecule has 1 amide bonds. The zero-order chi connectivity index (χ0) is 17.6. The lowest BCUT2D eigenvalue weighted by molar-refractivity contribution is -0.164. The number of aliphatic carboxylic acids is 1. The maximum absolute atomic E-state index is 12.0. The number of ether oxygens (including phenoxy) is 2. The monoisotopic (exact) mass is 323 g/mol. The number of carbonyl (C=O) groups is 3. The van der Waals surface area contributed by atoms with Crippen molar-refractivity contribution in [1.29, 1.82) is 0 Å². The van der Waals surface area contributed by atoms with Gasteiger partial charge in [-0.2, -0.15) is 0 Å². The SMILES string of the molecule is CC(=O)OC(C(=O)O)[C@@H](NC(=O)OC(C)(C)C)c1ccccc1. The number of hydrogen-bond donors (Lipinski definition) is 2. The number of carbonyl (C=O) groups excluding carboxylic acids is 2. The van der Waals surface area contributed by atoms with Crippen LogP contribution in [0.15, 0.2) is 30.3 Å². The first-order chi connectivity index (χ1) is 10.6. The van der Waals surface area contributed by atoms with Crippen molar-refractivity contribution in [2.24, 2.45) is 0 Å². The van der Waals surface area contributed by atoms with Gasteiger partial charge in [0.25, 0.3) is 0 Å². The second-order valence-corrected chi connectivity index (χ2v) is 5.90. The molecule has 1 aromatic carbocycles. The molecule has 0 bridgehead atoms. The Bertz CT molecular complexity index is 564. The molecular weight excluding hydrogens is 302 g/mol. The molecular formula is C16H21NO6. The zero-order valence-electron chi connectivity index (χ0n) is 13.5. The number of nitrogens with one attached hydrogen (secondary N) is 1. The number of carboxylic acid groups (broad SMARTS) is 1. The van der Waals surface area contributed by atoms with Crippen LogP contribution in [0.4, 0.5) is 4.79 Å². The van der Waals surface area contributed by atoms with Gasteiger partial charge in [-0.05, 0) is 26.3 Å². The van der Waals surface area contributed by atoms with Gasteiger partial charge in [0.15, 0.2) is 0 Å². The van der Waals surface area contributed by atoms with Crippen LogP contribution >= 0.6 is 0 Å². The Kier molecular flexibility index (Phi) is 6.12. The van der Waals surface area contributed by atoms with Crippen molar-refractivity contribution < 1.29 is 29.0 Å². The average molecular weight is 323 g/mol. The Morgan fingerprint density at radius 3 is 2.13 bits per heavy atom. The smallest absolute Gasteiger partial charge is 0.408 e. The molecule has 1 rings (SSSR count). The van der Waals surface area contributed by atoms with Crippen molar-refractivity contribution in [2.45, 2.75) is 45.4 Å². The summed E-state index contributed by atoms with van der Waals surface area (Å²) in [5, 5.41) is 11.8. The van der Waals surface area contributed by atoms with Crippen molar-refractivity contribution in [2.75, 3.05) is 0 Å². The summed E-state index contributed by atoms with van der Waals surface area (Å²) in [5.41, 5.74) is -0.266. The van der Waals surface area contributed by atoms with Crippen LogP contribution in [-0.2, 0) is 19.1 Å². The van der Waals surface area contributed by atoms with Gasteiger partial charge in [-0.1, -0.05) is 30.3 Å². The largest absolute Gasteiger partial charge is 0.478 e. The van der Waals surface area contributed by atoms with Crippen LogP contribution in [-0.4, -0.2) is 34.8 Å². The van der Waals surface area contributed by atoms with Crippen molar-refractivity contribution >= 4 is 18.0 Å². The van der Waals surface area contributed by atoms with E-state index in [4.69, 9.17) is 9.47 Å². The summed E-state index contributed by atoms with van der Waals surface area (Å²) in [4.78, 5) is 34.6. The number of amides is 1. The Morgan fingerprint density at radius 2 is 1.70 bits per heavy atom. The Morgan fingerprint density at radius 1 is 1.13 bits per heavy atom. The van der Waals surface area contributed by atoms with E-state index in [1.807, 2.05) is 0 Å². The molecule has 1 unspecified atom stereocenters. The highest BCUT2D eigenvalue weighted by molar-refractivity contribution is 5.79. The molecule has 23 heavy (non-hydrogen) atoms. The third-order valence-corrected chi connectivity index (χ3v) is 2.67. The fraction of sp³-hybridized carbons (Fsp3) is 0.438. The van der Waals surface area contributed by atoms with Crippen LogP contribution in [0.25, 0.3) is 0 Å². The molecule has 2 N–H and O–H groups in total. The van der Waals surface area contributed by atoms with Crippen LogP contribution in [0, 0.1) is 0 Å². The van der Waals surface area contributed by atoms with E-state index in [2.05, 4.69) is 5.32 Å². The summed E-state index contributed by atoms with van der Waals surface area (Å²) < 4.78 is 9.99. The highest BCUT2D eigenvalue weighted by Gasteiger charge is 2.34. The predicted molar refractivity (Wildman–Crippen MR) is 81.7 cm³/mol. The number of alkyl carbamates (subject to hydrolysis) is 1. The normalized spacial score (nSPS) is 13.6. The molecule has 0 aliphatic rings. The Hall–Kier alpha value is -2.57. The van der Waals surface area contributed by atoms with E-state index >= 15 is 0 Å². The lowest BCUT2D eigenvalue weighted by atomic mass is 10.0. The summed E-state index contributed by atoms with van der Waals surface area (Å²) in [6, 6.07) is 7.29. The minimum Gasteiger partial charge on any atom is -0.478 e. The van der Waals surface area contributed by atoms with Crippen LogP contribution in [0.3, 0.4) is 0 Å². The molecule has 0 heterocycles. The summed E-state index contributed by atoms with van der Waals surface area (Å²) in [6.07, 6.45) is -2.37. The molecule has 0 fully saturated rings. The highest BCUT2D eigenvalue weighted by atomic mass is 16.6. The van der Waals surface area contributed by atoms with Gasteiger partial charge in [0, 0.05) is 6.92 Å². The van der Waals surface area contributed by atoms with Crippen molar-refractivity contribution in [1.82, 2.24) is 5.32 Å². The second-order valence-electron chi connectivity index (χ2n) is 5.90. The summed E-state index contributed by atoms with van der Waals surface area (Å²) in [6.45, 7) is 6.16. The molecule has 0 aliphatic carbocycles. The van der Waals surface area contributed by atoms with Gasteiger partial charge in [0.1, 0.15) is 11.6 Å². The van der Waals surface area contributed by atoms with E-state index in [-0.39, 0.29) is 0 Å². The quantitative estimate of drug-likeness (QED) is 0.806. The van der Waals surface area contributed by atoms with E-state index < -0.39 is 35.8 Å². The molecule has 0 aromatic heterocycles. The van der Waals surface area contributed by atoms with Crippen molar-refractivity contribution in [3.63, 3.8) is 0 Å². The average Bonchev–Trinajstić information content (AvgIpc) is 2.41. The lowest BCUT2D eigenvalue weighted by Gasteiger charge is -2.27. The van der Waals surface area contributed by atoms with Gasteiger partial charge < -0.3 is 19.9 Å². The van der Waals surface area contributed by atoms with Gasteiger partial charge in [-0.15, -0.1) is 0 Å². The first-order valence-corrected chi connectivity index (χ1v) is 7.04. The molecule has 0 saturated heterocycles. The maximum Gasteiger partial charge on any atom is 0.408 e. The molecule has 1 aromatic rings. The Labute approximate surface area is 134 Å². The predicted octanol–water partition coefficient (Wildman–Crippen LogP) is 2.27. The maximum atomic E-state index is 12.0. The van der Waals surface area contributed by atoms with Crippen molar-refractivity contribution in [3.8, 4) is 0 Å². The molecule has 0 radical (unpaired) electrons. The summed E-state index contributed by atoms with van der Waals surface area (Å²) in [7, 11) is 0. The molecule has 0 spiro atoms. The minimum atomic E-state index is -1.57. The number of esters is 1. The first-order valence-electron chi connectivity index (χ1n) is 7.04. The fourth-order valence-electron chi connectivity index (χ4n) is 1.87. The van der Waals surface area contributed by atoms with Crippen LogP contribution < -0.4 is 5.32 Å². The third-order valence-electron chi connectivity index (χ3n) is 2.67. The lowest BCUT2D eigenvalue weighted by Crippen LogP contribution is -2.44. The summed E-state index contributed by atoms with van der Waals surface area (Å²) in [5.74, 6) is -2.13.